The molecule has 0 aromatic carbocycles. The summed E-state index contributed by atoms with van der Waals surface area (Å²) in [4.78, 5) is 11.2. The largest absolute Gasteiger partial charge is 0.353 e. The van der Waals surface area contributed by atoms with Gasteiger partial charge < -0.3 is 10.2 Å². The number of hydrogen-bond acceptors (Lipinski definition) is 5. The second kappa shape index (κ2) is 5.05. The van der Waals surface area contributed by atoms with Gasteiger partial charge in [0.25, 0.3) is 0 Å². The summed E-state index contributed by atoms with van der Waals surface area (Å²) in [6.45, 7) is 5.76. The monoisotopic (exact) mass is 264 g/mol. The molecular formula is C13H20N4S. The van der Waals surface area contributed by atoms with Crippen LogP contribution in [0.3, 0.4) is 0 Å². The van der Waals surface area contributed by atoms with E-state index >= 15 is 0 Å². The zero-order valence-corrected chi connectivity index (χ0v) is 11.8. The molecule has 5 heteroatoms. The molecule has 0 spiro atoms. The number of anilines is 1. The number of rotatable bonds is 3. The van der Waals surface area contributed by atoms with Crippen LogP contribution < -0.4 is 10.2 Å². The summed E-state index contributed by atoms with van der Waals surface area (Å²) in [5.74, 6) is 2.70. The van der Waals surface area contributed by atoms with Crippen molar-refractivity contribution in [2.45, 2.75) is 24.4 Å². The summed E-state index contributed by atoms with van der Waals surface area (Å²) in [6.07, 6.45) is 4.95. The second-order valence-electron chi connectivity index (χ2n) is 5.13. The van der Waals surface area contributed by atoms with Crippen molar-refractivity contribution < 1.29 is 0 Å². The molecule has 0 radical (unpaired) electrons. The Bertz CT molecular complexity index is 425. The van der Waals surface area contributed by atoms with E-state index in [4.69, 9.17) is 0 Å². The van der Waals surface area contributed by atoms with Gasteiger partial charge in [-0.15, -0.1) is 11.8 Å². The molecule has 0 bridgehead atoms. The fraction of sp³-hybridized carbons (Fsp3) is 0.692. The maximum Gasteiger partial charge on any atom is 0.133 e. The van der Waals surface area contributed by atoms with Crippen molar-refractivity contribution in [3.8, 4) is 0 Å². The van der Waals surface area contributed by atoms with Crippen LogP contribution in [-0.4, -0.2) is 41.9 Å². The highest BCUT2D eigenvalue weighted by molar-refractivity contribution is 7.98. The minimum absolute atomic E-state index is 0.634. The molecule has 2 aliphatic heterocycles. The SMILES string of the molecule is CCC1C2CNCC2CN1c1cc(SC)ncn1. The Morgan fingerprint density at radius 1 is 1.44 bits per heavy atom. The Morgan fingerprint density at radius 3 is 3.11 bits per heavy atom. The van der Waals surface area contributed by atoms with Crippen molar-refractivity contribution in [1.29, 1.82) is 0 Å². The molecule has 0 amide bonds. The molecule has 3 unspecified atom stereocenters. The van der Waals surface area contributed by atoms with Gasteiger partial charge >= 0.3 is 0 Å². The standard InChI is InChI=1S/C13H20N4S/c1-3-11-10-6-14-5-9(10)7-17(11)12-4-13(18-2)16-8-15-12/h4,8-11,14H,3,5-7H2,1-2H3. The molecule has 2 aliphatic rings. The molecule has 3 rings (SSSR count). The lowest BCUT2D eigenvalue weighted by Gasteiger charge is -2.27. The third kappa shape index (κ3) is 1.99. The van der Waals surface area contributed by atoms with E-state index in [0.29, 0.717) is 6.04 Å². The molecule has 0 saturated carbocycles. The van der Waals surface area contributed by atoms with Crippen LogP contribution in [-0.2, 0) is 0 Å². The molecule has 3 atom stereocenters. The Balaban J connectivity index is 1.86. The third-order valence-corrected chi connectivity index (χ3v) is 4.91. The van der Waals surface area contributed by atoms with Crippen molar-refractivity contribution in [3.63, 3.8) is 0 Å². The molecule has 0 aliphatic carbocycles. The number of aromatic nitrogens is 2. The van der Waals surface area contributed by atoms with Crippen LogP contribution in [0.1, 0.15) is 13.3 Å². The first-order valence-electron chi connectivity index (χ1n) is 6.67. The maximum absolute atomic E-state index is 4.48. The molecule has 1 aromatic rings. The Labute approximate surface area is 113 Å². The van der Waals surface area contributed by atoms with Crippen molar-refractivity contribution >= 4 is 17.6 Å². The Kier molecular flexibility index (Phi) is 3.43. The average molecular weight is 264 g/mol. The lowest BCUT2D eigenvalue weighted by Crippen LogP contribution is -2.35. The van der Waals surface area contributed by atoms with Gasteiger partial charge in [-0.2, -0.15) is 0 Å². The van der Waals surface area contributed by atoms with Gasteiger partial charge in [0.2, 0.25) is 0 Å². The van der Waals surface area contributed by atoms with Gasteiger partial charge in [-0.3, -0.25) is 0 Å². The minimum atomic E-state index is 0.634. The number of fused-ring (bicyclic) bond motifs is 1. The van der Waals surface area contributed by atoms with E-state index in [1.807, 2.05) is 0 Å². The van der Waals surface area contributed by atoms with E-state index in [-0.39, 0.29) is 0 Å². The molecule has 1 aromatic heterocycles. The van der Waals surface area contributed by atoms with E-state index in [1.54, 1.807) is 18.1 Å². The first-order chi connectivity index (χ1) is 8.83. The third-order valence-electron chi connectivity index (χ3n) is 4.27. The second-order valence-corrected chi connectivity index (χ2v) is 5.96. The van der Waals surface area contributed by atoms with Gasteiger partial charge in [0.15, 0.2) is 0 Å². The summed E-state index contributed by atoms with van der Waals surface area (Å²) < 4.78 is 0. The lowest BCUT2D eigenvalue weighted by molar-refractivity contribution is 0.441. The van der Waals surface area contributed by atoms with E-state index < -0.39 is 0 Å². The summed E-state index contributed by atoms with van der Waals surface area (Å²) in [5, 5.41) is 4.58. The van der Waals surface area contributed by atoms with Crippen LogP contribution in [0.25, 0.3) is 0 Å². The van der Waals surface area contributed by atoms with E-state index in [1.165, 1.54) is 13.0 Å². The van der Waals surface area contributed by atoms with Crippen molar-refractivity contribution in [3.05, 3.63) is 12.4 Å². The number of thioether (sulfide) groups is 1. The fourth-order valence-electron chi connectivity index (χ4n) is 3.41. The lowest BCUT2D eigenvalue weighted by atomic mass is 9.93. The average Bonchev–Trinajstić information content (AvgIpc) is 2.98. The molecule has 18 heavy (non-hydrogen) atoms. The van der Waals surface area contributed by atoms with Crippen LogP contribution in [0.4, 0.5) is 5.82 Å². The quantitative estimate of drug-likeness (QED) is 0.664. The first-order valence-corrected chi connectivity index (χ1v) is 7.89. The van der Waals surface area contributed by atoms with Crippen molar-refractivity contribution in [2.24, 2.45) is 11.8 Å². The van der Waals surface area contributed by atoms with Gasteiger partial charge in [-0.1, -0.05) is 6.92 Å². The van der Waals surface area contributed by atoms with Gasteiger partial charge in [-0.25, -0.2) is 9.97 Å². The van der Waals surface area contributed by atoms with Crippen LogP contribution in [0.15, 0.2) is 17.4 Å². The highest BCUT2D eigenvalue weighted by Crippen LogP contribution is 2.37. The van der Waals surface area contributed by atoms with E-state index in [0.717, 1.165) is 35.8 Å². The Hall–Kier alpha value is -0.810. The van der Waals surface area contributed by atoms with Gasteiger partial charge in [-0.05, 0) is 24.5 Å². The summed E-state index contributed by atoms with van der Waals surface area (Å²) in [5.41, 5.74) is 0. The van der Waals surface area contributed by atoms with Crippen molar-refractivity contribution in [1.82, 2.24) is 15.3 Å². The predicted molar refractivity (Wildman–Crippen MR) is 75.1 cm³/mol. The molecule has 3 heterocycles. The summed E-state index contributed by atoms with van der Waals surface area (Å²) >= 11 is 1.68. The first kappa shape index (κ1) is 12.2. The molecule has 4 nitrogen and oxygen atoms in total. The molecule has 98 valence electrons. The highest BCUT2D eigenvalue weighted by atomic mass is 32.2. The fourth-order valence-corrected chi connectivity index (χ4v) is 3.78. The minimum Gasteiger partial charge on any atom is -0.353 e. The number of nitrogens with zero attached hydrogens (tertiary/aromatic N) is 3. The van der Waals surface area contributed by atoms with Gasteiger partial charge in [0, 0.05) is 31.7 Å². The van der Waals surface area contributed by atoms with E-state index in [9.17, 15) is 0 Å². The van der Waals surface area contributed by atoms with Gasteiger partial charge in [0.05, 0.1) is 0 Å². The summed E-state index contributed by atoms with van der Waals surface area (Å²) in [7, 11) is 0. The zero-order valence-electron chi connectivity index (χ0n) is 11.0. The maximum atomic E-state index is 4.48. The smallest absolute Gasteiger partial charge is 0.133 e. The van der Waals surface area contributed by atoms with Crippen LogP contribution >= 0.6 is 11.8 Å². The van der Waals surface area contributed by atoms with Crippen LogP contribution in [0.5, 0.6) is 0 Å². The molecule has 2 saturated heterocycles. The number of hydrogen-bond donors (Lipinski definition) is 1. The van der Waals surface area contributed by atoms with Crippen LogP contribution in [0, 0.1) is 11.8 Å². The summed E-state index contributed by atoms with van der Waals surface area (Å²) in [6, 6.07) is 2.76. The normalized spacial score (nSPS) is 30.8. The number of nitrogens with one attached hydrogen (secondary N) is 1. The predicted octanol–water partition coefficient (Wildman–Crippen LogP) is 1.63. The molecule has 2 fully saturated rings. The highest BCUT2D eigenvalue weighted by Gasteiger charge is 2.43. The molecule has 1 N–H and O–H groups in total. The van der Waals surface area contributed by atoms with Crippen LogP contribution in [0.2, 0.25) is 0 Å². The zero-order chi connectivity index (χ0) is 12.5. The topological polar surface area (TPSA) is 41.0 Å². The Morgan fingerprint density at radius 2 is 2.33 bits per heavy atom. The van der Waals surface area contributed by atoms with E-state index in [2.05, 4.69) is 39.4 Å². The molecular weight excluding hydrogens is 244 g/mol. The van der Waals surface area contributed by atoms with Gasteiger partial charge in [0.1, 0.15) is 17.2 Å². The van der Waals surface area contributed by atoms with Crippen molar-refractivity contribution in [2.75, 3.05) is 30.8 Å².